The smallest absolute Gasteiger partial charge is 0.223 e. The van der Waals surface area contributed by atoms with Gasteiger partial charge in [0.2, 0.25) is 5.91 Å². The van der Waals surface area contributed by atoms with Gasteiger partial charge in [-0.2, -0.15) is 0 Å². The van der Waals surface area contributed by atoms with Crippen molar-refractivity contribution in [2.75, 3.05) is 30.3 Å². The molecule has 1 fully saturated rings. The largest absolute Gasteiger partial charge is 0.372 e. The zero-order valence-corrected chi connectivity index (χ0v) is 14.9. The molecule has 0 saturated carbocycles. The third-order valence-electron chi connectivity index (χ3n) is 4.26. The number of unbranched alkanes of at least 4 members (excludes halogenated alkanes) is 1. The number of carbonyl (C=O) groups is 1. The van der Waals surface area contributed by atoms with Crippen molar-refractivity contribution in [2.24, 2.45) is 0 Å². The van der Waals surface area contributed by atoms with Crippen molar-refractivity contribution >= 4 is 23.4 Å². The van der Waals surface area contributed by atoms with Gasteiger partial charge in [0.1, 0.15) is 5.37 Å². The Bertz CT molecular complexity index is 470. The summed E-state index contributed by atoms with van der Waals surface area (Å²) in [4.78, 5) is 16.8. The van der Waals surface area contributed by atoms with Gasteiger partial charge in [0.15, 0.2) is 0 Å². The maximum absolute atomic E-state index is 12.4. The molecule has 1 aliphatic rings. The molecule has 122 valence electrons. The molecule has 1 amide bonds. The fourth-order valence-electron chi connectivity index (χ4n) is 2.91. The molecular weight excluding hydrogens is 292 g/mol. The molecule has 1 saturated heterocycles. The minimum atomic E-state index is 0.204. The first kappa shape index (κ1) is 17.2. The quantitative estimate of drug-likeness (QED) is 0.748. The van der Waals surface area contributed by atoms with Gasteiger partial charge in [-0.3, -0.25) is 4.79 Å². The molecule has 1 aromatic carbocycles. The maximum Gasteiger partial charge on any atom is 0.223 e. The van der Waals surface area contributed by atoms with Crippen molar-refractivity contribution in [3.8, 4) is 0 Å². The van der Waals surface area contributed by atoms with Crippen LogP contribution in [0.1, 0.15) is 51.0 Å². The lowest BCUT2D eigenvalue weighted by Gasteiger charge is -2.25. The Morgan fingerprint density at radius 3 is 2.50 bits per heavy atom. The van der Waals surface area contributed by atoms with Crippen LogP contribution in [0, 0.1) is 0 Å². The molecule has 4 heteroatoms. The van der Waals surface area contributed by atoms with Crippen LogP contribution < -0.4 is 4.90 Å². The van der Waals surface area contributed by atoms with Crippen molar-refractivity contribution in [3.05, 3.63) is 29.8 Å². The zero-order valence-electron chi connectivity index (χ0n) is 14.0. The van der Waals surface area contributed by atoms with E-state index in [4.69, 9.17) is 0 Å². The summed E-state index contributed by atoms with van der Waals surface area (Å²) in [6.07, 6.45) is 2.76. The number of rotatable bonds is 7. The van der Waals surface area contributed by atoms with Crippen LogP contribution in [0.25, 0.3) is 0 Å². The van der Waals surface area contributed by atoms with E-state index in [0.29, 0.717) is 12.3 Å². The van der Waals surface area contributed by atoms with Gasteiger partial charge in [-0.25, -0.2) is 0 Å². The summed E-state index contributed by atoms with van der Waals surface area (Å²) in [5, 5.41) is 0.204. The van der Waals surface area contributed by atoms with Gasteiger partial charge in [-0.05, 0) is 38.0 Å². The molecule has 1 atom stereocenters. The van der Waals surface area contributed by atoms with Crippen molar-refractivity contribution < 1.29 is 4.79 Å². The van der Waals surface area contributed by atoms with Crippen molar-refractivity contribution in [3.63, 3.8) is 0 Å². The van der Waals surface area contributed by atoms with Crippen LogP contribution in [0.2, 0.25) is 0 Å². The van der Waals surface area contributed by atoms with Crippen LogP contribution in [0.15, 0.2) is 24.3 Å². The van der Waals surface area contributed by atoms with Crippen LogP contribution in [-0.2, 0) is 4.79 Å². The standard InChI is InChI=1S/C18H28N2OS/c1-4-7-8-17(21)20-13-14-22-18(20)15-9-11-16(12-10-15)19(5-2)6-3/h9-12,18H,4-8,13-14H2,1-3H3. The lowest BCUT2D eigenvalue weighted by Crippen LogP contribution is -2.30. The van der Waals surface area contributed by atoms with Crippen molar-refractivity contribution in [1.29, 1.82) is 0 Å². The number of nitrogens with zero attached hydrogens (tertiary/aromatic N) is 2. The molecule has 0 aliphatic carbocycles. The summed E-state index contributed by atoms with van der Waals surface area (Å²) in [6.45, 7) is 9.42. The molecule has 0 N–H and O–H groups in total. The molecule has 1 unspecified atom stereocenters. The number of benzene rings is 1. The average molecular weight is 321 g/mol. The summed E-state index contributed by atoms with van der Waals surface area (Å²) in [5.41, 5.74) is 2.52. The van der Waals surface area contributed by atoms with E-state index in [1.807, 2.05) is 11.8 Å². The van der Waals surface area contributed by atoms with Crippen LogP contribution in [-0.4, -0.2) is 36.2 Å². The van der Waals surface area contributed by atoms with E-state index in [0.717, 1.165) is 38.2 Å². The average Bonchev–Trinajstić information content (AvgIpc) is 3.04. The lowest BCUT2D eigenvalue weighted by atomic mass is 10.1. The second-order valence-electron chi connectivity index (χ2n) is 5.68. The fraction of sp³-hybridized carbons (Fsp3) is 0.611. The Morgan fingerprint density at radius 2 is 1.91 bits per heavy atom. The van der Waals surface area contributed by atoms with Crippen LogP contribution in [0.5, 0.6) is 0 Å². The Morgan fingerprint density at radius 1 is 1.23 bits per heavy atom. The third-order valence-corrected chi connectivity index (χ3v) is 5.52. The van der Waals surface area contributed by atoms with E-state index < -0.39 is 0 Å². The third kappa shape index (κ3) is 3.97. The zero-order chi connectivity index (χ0) is 15.9. The number of thioether (sulfide) groups is 1. The van der Waals surface area contributed by atoms with Crippen LogP contribution in [0.4, 0.5) is 5.69 Å². The van der Waals surface area contributed by atoms with Gasteiger partial charge >= 0.3 is 0 Å². The highest BCUT2D eigenvalue weighted by molar-refractivity contribution is 7.99. The fourth-order valence-corrected chi connectivity index (χ4v) is 4.19. The summed E-state index contributed by atoms with van der Waals surface area (Å²) in [5.74, 6) is 1.35. The monoisotopic (exact) mass is 320 g/mol. The first-order valence-electron chi connectivity index (χ1n) is 8.47. The highest BCUT2D eigenvalue weighted by Crippen LogP contribution is 2.38. The van der Waals surface area contributed by atoms with Gasteiger partial charge in [-0.15, -0.1) is 11.8 Å². The van der Waals surface area contributed by atoms with E-state index in [2.05, 4.69) is 54.8 Å². The van der Waals surface area contributed by atoms with Gasteiger partial charge in [-0.1, -0.05) is 25.5 Å². The van der Waals surface area contributed by atoms with Gasteiger partial charge < -0.3 is 9.80 Å². The summed E-state index contributed by atoms with van der Waals surface area (Å²) >= 11 is 1.88. The minimum absolute atomic E-state index is 0.204. The molecular formula is C18H28N2OS. The van der Waals surface area contributed by atoms with Crippen molar-refractivity contribution in [2.45, 2.75) is 45.4 Å². The Balaban J connectivity index is 2.08. The van der Waals surface area contributed by atoms with Crippen LogP contribution in [0.3, 0.4) is 0 Å². The highest BCUT2D eigenvalue weighted by Gasteiger charge is 2.30. The van der Waals surface area contributed by atoms with E-state index in [1.54, 1.807) is 0 Å². The normalized spacial score (nSPS) is 17.8. The lowest BCUT2D eigenvalue weighted by molar-refractivity contribution is -0.131. The minimum Gasteiger partial charge on any atom is -0.372 e. The first-order chi connectivity index (χ1) is 10.7. The predicted molar refractivity (Wildman–Crippen MR) is 96.4 cm³/mol. The summed E-state index contributed by atoms with van der Waals surface area (Å²) in [7, 11) is 0. The number of hydrogen-bond acceptors (Lipinski definition) is 3. The second-order valence-corrected chi connectivity index (χ2v) is 6.87. The summed E-state index contributed by atoms with van der Waals surface area (Å²) in [6, 6.07) is 8.76. The molecule has 1 aromatic rings. The van der Waals surface area contributed by atoms with Crippen LogP contribution >= 0.6 is 11.8 Å². The molecule has 0 aromatic heterocycles. The Hall–Kier alpha value is -1.16. The SMILES string of the molecule is CCCCC(=O)N1CCSC1c1ccc(N(CC)CC)cc1. The van der Waals surface area contributed by atoms with Gasteiger partial charge in [0, 0.05) is 37.5 Å². The number of anilines is 1. The molecule has 2 rings (SSSR count). The van der Waals surface area contributed by atoms with E-state index >= 15 is 0 Å². The molecule has 1 aliphatic heterocycles. The van der Waals surface area contributed by atoms with Gasteiger partial charge in [0.05, 0.1) is 0 Å². The van der Waals surface area contributed by atoms with E-state index in [9.17, 15) is 4.79 Å². The number of carbonyl (C=O) groups excluding carboxylic acids is 1. The summed E-state index contributed by atoms with van der Waals surface area (Å²) < 4.78 is 0. The maximum atomic E-state index is 12.4. The van der Waals surface area contributed by atoms with E-state index in [-0.39, 0.29) is 5.37 Å². The number of hydrogen-bond donors (Lipinski definition) is 0. The molecule has 0 radical (unpaired) electrons. The molecule has 0 spiro atoms. The highest BCUT2D eigenvalue weighted by atomic mass is 32.2. The number of amides is 1. The van der Waals surface area contributed by atoms with Crippen molar-refractivity contribution in [1.82, 2.24) is 4.90 Å². The van der Waals surface area contributed by atoms with Gasteiger partial charge in [0.25, 0.3) is 0 Å². The second kappa shape index (κ2) is 8.47. The van der Waals surface area contributed by atoms with E-state index in [1.165, 1.54) is 11.3 Å². The first-order valence-corrected chi connectivity index (χ1v) is 9.52. The predicted octanol–water partition coefficient (Wildman–Crippen LogP) is 4.30. The molecule has 22 heavy (non-hydrogen) atoms. The molecule has 3 nitrogen and oxygen atoms in total. The molecule has 0 bridgehead atoms. The topological polar surface area (TPSA) is 23.6 Å². The molecule has 1 heterocycles. The Labute approximate surface area is 139 Å². The Kier molecular flexibility index (Phi) is 6.62.